The third-order valence-electron chi connectivity index (χ3n) is 3.07. The van der Waals surface area contributed by atoms with Crippen LogP contribution in [0.1, 0.15) is 12.8 Å². The number of carbonyl (C=O) groups is 1. The largest absolute Gasteiger partial charge is 0.486 e. The van der Waals surface area contributed by atoms with Crippen LogP contribution in [0, 0.1) is 0 Å². The highest BCUT2D eigenvalue weighted by molar-refractivity contribution is 5.76. The first-order valence-electron chi connectivity index (χ1n) is 7.19. The van der Waals surface area contributed by atoms with E-state index in [0.717, 1.165) is 23.6 Å². The molecule has 1 aliphatic rings. The van der Waals surface area contributed by atoms with Crippen LogP contribution in [0.5, 0.6) is 11.5 Å². The van der Waals surface area contributed by atoms with Gasteiger partial charge < -0.3 is 24.8 Å². The number of fused-ring (bicyclic) bond motifs is 1. The van der Waals surface area contributed by atoms with Crippen molar-refractivity contribution < 1.29 is 19.0 Å². The van der Waals surface area contributed by atoms with Crippen molar-refractivity contribution in [1.82, 2.24) is 5.32 Å². The molecule has 116 valence electrons. The molecule has 1 aromatic rings. The standard InChI is InChI=1S/C15H22N2O4/c1-19-8-2-6-17-15(18)5-7-16-12-3-4-13-14(11-12)21-10-9-20-13/h3-4,11,16H,2,5-10H2,1H3,(H,17,18). The van der Waals surface area contributed by atoms with E-state index in [1.54, 1.807) is 7.11 Å². The topological polar surface area (TPSA) is 68.8 Å². The van der Waals surface area contributed by atoms with Gasteiger partial charge in [-0.3, -0.25) is 4.79 Å². The lowest BCUT2D eigenvalue weighted by atomic mass is 10.2. The number of amides is 1. The summed E-state index contributed by atoms with van der Waals surface area (Å²) < 4.78 is 15.9. The Hall–Kier alpha value is -1.95. The highest BCUT2D eigenvalue weighted by Crippen LogP contribution is 2.32. The second kappa shape index (κ2) is 8.36. The number of hydrogen-bond donors (Lipinski definition) is 2. The first-order valence-corrected chi connectivity index (χ1v) is 7.19. The zero-order valence-electron chi connectivity index (χ0n) is 12.3. The Morgan fingerprint density at radius 2 is 2.05 bits per heavy atom. The number of hydrogen-bond acceptors (Lipinski definition) is 5. The number of anilines is 1. The van der Waals surface area contributed by atoms with Crippen molar-refractivity contribution in [3.8, 4) is 11.5 Å². The molecule has 0 fully saturated rings. The molecule has 6 heteroatoms. The lowest BCUT2D eigenvalue weighted by molar-refractivity contribution is -0.120. The van der Waals surface area contributed by atoms with Crippen molar-refractivity contribution in [3.05, 3.63) is 18.2 Å². The summed E-state index contributed by atoms with van der Waals surface area (Å²) in [4.78, 5) is 11.6. The van der Waals surface area contributed by atoms with Crippen molar-refractivity contribution in [2.24, 2.45) is 0 Å². The summed E-state index contributed by atoms with van der Waals surface area (Å²) in [6.45, 7) is 3.05. The van der Waals surface area contributed by atoms with Gasteiger partial charge in [0.2, 0.25) is 5.91 Å². The minimum atomic E-state index is 0.0381. The highest BCUT2D eigenvalue weighted by atomic mass is 16.6. The first kappa shape index (κ1) is 15.4. The number of carbonyl (C=O) groups excluding carboxylic acids is 1. The molecule has 0 radical (unpaired) electrons. The van der Waals surface area contributed by atoms with Crippen molar-refractivity contribution in [3.63, 3.8) is 0 Å². The van der Waals surface area contributed by atoms with Gasteiger partial charge in [0.1, 0.15) is 13.2 Å². The molecular weight excluding hydrogens is 272 g/mol. The molecule has 0 saturated carbocycles. The summed E-state index contributed by atoms with van der Waals surface area (Å²) in [6.07, 6.45) is 1.26. The van der Waals surface area contributed by atoms with Gasteiger partial charge in [-0.05, 0) is 18.6 Å². The van der Waals surface area contributed by atoms with Crippen molar-refractivity contribution in [1.29, 1.82) is 0 Å². The predicted molar refractivity (Wildman–Crippen MR) is 80.0 cm³/mol. The van der Waals surface area contributed by atoms with E-state index in [2.05, 4.69) is 10.6 Å². The number of methoxy groups -OCH3 is 1. The average Bonchev–Trinajstić information content (AvgIpc) is 2.51. The minimum absolute atomic E-state index is 0.0381. The number of benzene rings is 1. The van der Waals surface area contributed by atoms with E-state index in [9.17, 15) is 4.79 Å². The molecule has 2 rings (SSSR count). The molecule has 0 unspecified atom stereocenters. The molecule has 0 aliphatic carbocycles. The third kappa shape index (κ3) is 5.15. The molecule has 21 heavy (non-hydrogen) atoms. The van der Waals surface area contributed by atoms with E-state index < -0.39 is 0 Å². The molecule has 1 aromatic carbocycles. The molecule has 2 N–H and O–H groups in total. The summed E-state index contributed by atoms with van der Waals surface area (Å²) in [5, 5.41) is 6.06. The monoisotopic (exact) mass is 294 g/mol. The Labute approximate surface area is 124 Å². The summed E-state index contributed by atoms with van der Waals surface area (Å²) in [5.41, 5.74) is 0.923. The maximum atomic E-state index is 11.6. The summed E-state index contributed by atoms with van der Waals surface area (Å²) in [7, 11) is 1.65. The highest BCUT2D eigenvalue weighted by Gasteiger charge is 2.11. The van der Waals surface area contributed by atoms with Crippen LogP contribution in [-0.2, 0) is 9.53 Å². The zero-order chi connectivity index (χ0) is 14.9. The lowest BCUT2D eigenvalue weighted by Crippen LogP contribution is -2.26. The maximum absolute atomic E-state index is 11.6. The molecule has 0 spiro atoms. The fourth-order valence-corrected chi connectivity index (χ4v) is 2.01. The predicted octanol–water partition coefficient (Wildman–Crippen LogP) is 1.41. The fourth-order valence-electron chi connectivity index (χ4n) is 2.01. The molecule has 6 nitrogen and oxygen atoms in total. The zero-order valence-corrected chi connectivity index (χ0v) is 12.3. The fraction of sp³-hybridized carbons (Fsp3) is 0.533. The summed E-state index contributed by atoms with van der Waals surface area (Å²) in [5.74, 6) is 1.55. The van der Waals surface area contributed by atoms with Gasteiger partial charge >= 0.3 is 0 Å². The summed E-state index contributed by atoms with van der Waals surface area (Å²) in [6, 6.07) is 5.69. The van der Waals surface area contributed by atoms with Crippen LogP contribution in [0.4, 0.5) is 5.69 Å². The first-order chi connectivity index (χ1) is 10.3. The minimum Gasteiger partial charge on any atom is -0.486 e. The average molecular weight is 294 g/mol. The van der Waals surface area contributed by atoms with Crippen LogP contribution in [-0.4, -0.2) is 45.9 Å². The third-order valence-corrected chi connectivity index (χ3v) is 3.07. The van der Waals surface area contributed by atoms with Crippen LogP contribution in [0.2, 0.25) is 0 Å². The SMILES string of the molecule is COCCCNC(=O)CCNc1ccc2c(c1)OCCO2. The van der Waals surface area contributed by atoms with Crippen LogP contribution in [0.15, 0.2) is 18.2 Å². The molecule has 1 heterocycles. The smallest absolute Gasteiger partial charge is 0.221 e. The van der Waals surface area contributed by atoms with Crippen molar-refractivity contribution in [2.75, 3.05) is 45.3 Å². The van der Waals surface area contributed by atoms with Gasteiger partial charge in [0, 0.05) is 45.0 Å². The van der Waals surface area contributed by atoms with Crippen LogP contribution in [0.25, 0.3) is 0 Å². The Morgan fingerprint density at radius 3 is 2.86 bits per heavy atom. The Kier molecular flexibility index (Phi) is 6.15. The van der Waals surface area contributed by atoms with E-state index in [4.69, 9.17) is 14.2 Å². The van der Waals surface area contributed by atoms with E-state index in [1.807, 2.05) is 18.2 Å². The van der Waals surface area contributed by atoms with Gasteiger partial charge in [0.25, 0.3) is 0 Å². The van der Waals surface area contributed by atoms with Crippen LogP contribution in [0.3, 0.4) is 0 Å². The van der Waals surface area contributed by atoms with Gasteiger partial charge in [0.05, 0.1) is 0 Å². The molecule has 0 atom stereocenters. The lowest BCUT2D eigenvalue weighted by Gasteiger charge is -2.19. The molecule has 1 aliphatic heterocycles. The number of ether oxygens (including phenoxy) is 3. The van der Waals surface area contributed by atoms with E-state index in [0.29, 0.717) is 39.3 Å². The number of nitrogens with one attached hydrogen (secondary N) is 2. The summed E-state index contributed by atoms with van der Waals surface area (Å²) >= 11 is 0. The van der Waals surface area contributed by atoms with Crippen LogP contribution >= 0.6 is 0 Å². The molecular formula is C15H22N2O4. The van der Waals surface area contributed by atoms with E-state index in [1.165, 1.54) is 0 Å². The molecule has 0 bridgehead atoms. The Morgan fingerprint density at radius 1 is 1.24 bits per heavy atom. The quantitative estimate of drug-likeness (QED) is 0.710. The second-order valence-electron chi connectivity index (χ2n) is 4.73. The van der Waals surface area contributed by atoms with Gasteiger partial charge in [-0.2, -0.15) is 0 Å². The van der Waals surface area contributed by atoms with E-state index in [-0.39, 0.29) is 5.91 Å². The molecule has 1 amide bonds. The number of rotatable bonds is 8. The Balaban J connectivity index is 1.67. The second-order valence-corrected chi connectivity index (χ2v) is 4.73. The normalized spacial score (nSPS) is 12.8. The Bertz CT molecular complexity index is 465. The van der Waals surface area contributed by atoms with Crippen LogP contribution < -0.4 is 20.1 Å². The molecule has 0 aromatic heterocycles. The van der Waals surface area contributed by atoms with Crippen molar-refractivity contribution >= 4 is 11.6 Å². The van der Waals surface area contributed by atoms with Gasteiger partial charge in [-0.15, -0.1) is 0 Å². The molecule has 0 saturated heterocycles. The van der Waals surface area contributed by atoms with Gasteiger partial charge in [0.15, 0.2) is 11.5 Å². The van der Waals surface area contributed by atoms with Crippen molar-refractivity contribution in [2.45, 2.75) is 12.8 Å². The van der Waals surface area contributed by atoms with E-state index >= 15 is 0 Å². The van der Waals surface area contributed by atoms with Gasteiger partial charge in [-0.1, -0.05) is 0 Å². The maximum Gasteiger partial charge on any atom is 0.221 e. The van der Waals surface area contributed by atoms with Gasteiger partial charge in [-0.25, -0.2) is 0 Å².